The highest BCUT2D eigenvalue weighted by molar-refractivity contribution is 7.07. The summed E-state index contributed by atoms with van der Waals surface area (Å²) in [6.45, 7) is 5.72. The van der Waals surface area contributed by atoms with Crippen molar-refractivity contribution in [3.8, 4) is 0 Å². The molecule has 0 aliphatic heterocycles. The van der Waals surface area contributed by atoms with Crippen LogP contribution in [0, 0.1) is 5.41 Å². The van der Waals surface area contributed by atoms with Crippen LogP contribution >= 0.6 is 11.3 Å². The van der Waals surface area contributed by atoms with Crippen molar-refractivity contribution in [2.45, 2.75) is 39.2 Å². The molecule has 1 aliphatic rings. The highest BCUT2D eigenvalue weighted by Gasteiger charge is 2.41. The summed E-state index contributed by atoms with van der Waals surface area (Å²) in [5, 5.41) is 5.72. The quantitative estimate of drug-likeness (QED) is 0.807. The lowest BCUT2D eigenvalue weighted by Crippen LogP contribution is -2.34. The van der Waals surface area contributed by atoms with Gasteiger partial charge in [0.25, 0.3) is 0 Å². The van der Waals surface area contributed by atoms with Crippen molar-refractivity contribution in [2.24, 2.45) is 5.41 Å². The first-order valence-electron chi connectivity index (χ1n) is 5.31. The number of nitrogens with one attached hydrogen (secondary N) is 1. The van der Waals surface area contributed by atoms with Crippen LogP contribution < -0.4 is 5.32 Å². The summed E-state index contributed by atoms with van der Waals surface area (Å²) in [6, 6.07) is 0.654. The maximum atomic E-state index is 4.27. The number of nitrogens with zero attached hydrogens (tertiary/aromatic N) is 1. The summed E-state index contributed by atoms with van der Waals surface area (Å²) in [5.41, 5.74) is 3.71. The van der Waals surface area contributed by atoms with Crippen LogP contribution in [0.1, 0.15) is 32.4 Å². The minimum absolute atomic E-state index is 0.585. The Morgan fingerprint density at radius 2 is 2.43 bits per heavy atom. The topological polar surface area (TPSA) is 24.9 Å². The lowest BCUT2D eigenvalue weighted by Gasteiger charge is -2.19. The molecule has 0 aromatic carbocycles. The minimum atomic E-state index is 0.585. The van der Waals surface area contributed by atoms with Gasteiger partial charge in [-0.05, 0) is 25.2 Å². The summed E-state index contributed by atoms with van der Waals surface area (Å²) in [7, 11) is 0. The lowest BCUT2D eigenvalue weighted by atomic mass is 10.0. The molecule has 1 unspecified atom stereocenters. The van der Waals surface area contributed by atoms with E-state index in [9.17, 15) is 0 Å². The zero-order chi connectivity index (χ0) is 10.0. The molecule has 1 aliphatic carbocycles. The summed E-state index contributed by atoms with van der Waals surface area (Å²) in [4.78, 5) is 4.27. The maximum absolute atomic E-state index is 4.27. The average Bonchev–Trinajstić information content (AvgIpc) is 2.73. The molecule has 1 atom stereocenters. The predicted molar refractivity (Wildman–Crippen MR) is 60.6 cm³/mol. The number of rotatable bonds is 5. The fourth-order valence-electron chi connectivity index (χ4n) is 1.65. The molecule has 78 valence electrons. The van der Waals surface area contributed by atoms with Crippen LogP contribution in [0.3, 0.4) is 0 Å². The SMILES string of the molecule is CC(NCCc1cscn1)C1(C)CC1. The summed E-state index contributed by atoms with van der Waals surface area (Å²) in [6.07, 6.45) is 3.83. The van der Waals surface area contributed by atoms with Gasteiger partial charge in [0.1, 0.15) is 0 Å². The van der Waals surface area contributed by atoms with Gasteiger partial charge in [-0.2, -0.15) is 0 Å². The molecule has 0 saturated heterocycles. The second-order valence-electron chi connectivity index (χ2n) is 4.56. The van der Waals surface area contributed by atoms with E-state index in [-0.39, 0.29) is 0 Å². The van der Waals surface area contributed by atoms with E-state index in [1.54, 1.807) is 11.3 Å². The van der Waals surface area contributed by atoms with Crippen LogP contribution in [0.25, 0.3) is 0 Å². The second kappa shape index (κ2) is 3.99. The van der Waals surface area contributed by atoms with Crippen molar-refractivity contribution in [2.75, 3.05) is 6.54 Å². The van der Waals surface area contributed by atoms with E-state index >= 15 is 0 Å². The molecule has 0 spiro atoms. The molecule has 1 saturated carbocycles. The number of hydrogen-bond donors (Lipinski definition) is 1. The standard InChI is InChI=1S/C11H18N2S/c1-9(11(2)4-5-11)12-6-3-10-7-14-8-13-10/h7-9,12H,3-6H2,1-2H3. The van der Waals surface area contributed by atoms with Crippen molar-refractivity contribution in [3.63, 3.8) is 0 Å². The van der Waals surface area contributed by atoms with E-state index in [4.69, 9.17) is 0 Å². The molecule has 0 amide bonds. The zero-order valence-electron chi connectivity index (χ0n) is 8.92. The summed E-state index contributed by atoms with van der Waals surface area (Å²) < 4.78 is 0. The third kappa shape index (κ3) is 2.34. The lowest BCUT2D eigenvalue weighted by molar-refractivity contribution is 0.383. The van der Waals surface area contributed by atoms with Gasteiger partial charge in [0.05, 0.1) is 11.2 Å². The fraction of sp³-hybridized carbons (Fsp3) is 0.727. The Labute approximate surface area is 89.8 Å². The molecule has 2 rings (SSSR count). The van der Waals surface area contributed by atoms with Crippen LogP contribution in [0.2, 0.25) is 0 Å². The van der Waals surface area contributed by atoms with Gasteiger partial charge in [-0.1, -0.05) is 6.92 Å². The van der Waals surface area contributed by atoms with E-state index in [0.717, 1.165) is 13.0 Å². The summed E-state index contributed by atoms with van der Waals surface area (Å²) in [5.74, 6) is 0. The van der Waals surface area contributed by atoms with Crippen molar-refractivity contribution in [1.82, 2.24) is 10.3 Å². The molecular weight excluding hydrogens is 192 g/mol. The van der Waals surface area contributed by atoms with E-state index < -0.39 is 0 Å². The molecule has 2 nitrogen and oxygen atoms in total. The summed E-state index contributed by atoms with van der Waals surface area (Å²) >= 11 is 1.68. The maximum Gasteiger partial charge on any atom is 0.0794 e. The Balaban J connectivity index is 1.68. The normalized spacial score (nSPS) is 20.7. The van der Waals surface area contributed by atoms with Gasteiger partial charge < -0.3 is 5.32 Å². The molecule has 0 radical (unpaired) electrons. The van der Waals surface area contributed by atoms with Crippen LogP contribution in [0.15, 0.2) is 10.9 Å². The van der Waals surface area contributed by atoms with Crippen LogP contribution in [-0.2, 0) is 6.42 Å². The Kier molecular flexibility index (Phi) is 2.88. The van der Waals surface area contributed by atoms with Gasteiger partial charge in [-0.25, -0.2) is 4.98 Å². The van der Waals surface area contributed by atoms with Crippen molar-refractivity contribution < 1.29 is 0 Å². The van der Waals surface area contributed by atoms with Gasteiger partial charge >= 0.3 is 0 Å². The van der Waals surface area contributed by atoms with Crippen molar-refractivity contribution >= 4 is 11.3 Å². The van der Waals surface area contributed by atoms with E-state index in [1.165, 1.54) is 18.5 Å². The molecule has 1 heterocycles. The van der Waals surface area contributed by atoms with Crippen LogP contribution in [0.4, 0.5) is 0 Å². The van der Waals surface area contributed by atoms with Gasteiger partial charge in [0, 0.05) is 24.4 Å². The molecule has 0 bridgehead atoms. The molecule has 1 N–H and O–H groups in total. The van der Waals surface area contributed by atoms with Crippen molar-refractivity contribution in [3.05, 3.63) is 16.6 Å². The highest BCUT2D eigenvalue weighted by atomic mass is 32.1. The highest BCUT2D eigenvalue weighted by Crippen LogP contribution is 2.47. The first-order valence-corrected chi connectivity index (χ1v) is 6.25. The van der Waals surface area contributed by atoms with Gasteiger partial charge in [0.15, 0.2) is 0 Å². The van der Waals surface area contributed by atoms with Gasteiger partial charge in [-0.15, -0.1) is 11.3 Å². The smallest absolute Gasteiger partial charge is 0.0794 e. The van der Waals surface area contributed by atoms with Gasteiger partial charge in [-0.3, -0.25) is 0 Å². The van der Waals surface area contributed by atoms with Crippen LogP contribution in [0.5, 0.6) is 0 Å². The zero-order valence-corrected chi connectivity index (χ0v) is 9.73. The molecule has 1 aromatic heterocycles. The monoisotopic (exact) mass is 210 g/mol. The van der Waals surface area contributed by atoms with E-state index in [1.807, 2.05) is 5.51 Å². The fourth-order valence-corrected chi connectivity index (χ4v) is 2.25. The molecule has 14 heavy (non-hydrogen) atoms. The number of aromatic nitrogens is 1. The average molecular weight is 210 g/mol. The molecule has 3 heteroatoms. The third-order valence-electron chi connectivity index (χ3n) is 3.40. The van der Waals surface area contributed by atoms with E-state index in [2.05, 4.69) is 29.5 Å². The Morgan fingerprint density at radius 3 is 3.00 bits per heavy atom. The first kappa shape index (κ1) is 10.1. The van der Waals surface area contributed by atoms with Crippen molar-refractivity contribution in [1.29, 1.82) is 0 Å². The Bertz CT molecular complexity index is 277. The predicted octanol–water partition coefficient (Wildman–Crippen LogP) is 2.46. The molecule has 1 aromatic rings. The number of hydrogen-bond acceptors (Lipinski definition) is 3. The third-order valence-corrected chi connectivity index (χ3v) is 4.03. The minimum Gasteiger partial charge on any atom is -0.313 e. The number of thiazole rings is 1. The molecular formula is C11H18N2S. The van der Waals surface area contributed by atoms with Gasteiger partial charge in [0.2, 0.25) is 0 Å². The van der Waals surface area contributed by atoms with E-state index in [0.29, 0.717) is 11.5 Å². The Morgan fingerprint density at radius 1 is 1.64 bits per heavy atom. The second-order valence-corrected chi connectivity index (χ2v) is 5.28. The van der Waals surface area contributed by atoms with Crippen LogP contribution in [-0.4, -0.2) is 17.6 Å². The first-order chi connectivity index (χ1) is 6.71. The molecule has 1 fully saturated rings. The largest absolute Gasteiger partial charge is 0.313 e. The Hall–Kier alpha value is -0.410.